The zero-order chi connectivity index (χ0) is 16.5. The van der Waals surface area contributed by atoms with E-state index >= 15 is 0 Å². The highest BCUT2D eigenvalue weighted by Crippen LogP contribution is 2.50. The molecule has 1 aliphatic carbocycles. The highest BCUT2D eigenvalue weighted by atomic mass is 16.4. The fourth-order valence-electron chi connectivity index (χ4n) is 2.55. The summed E-state index contributed by atoms with van der Waals surface area (Å²) in [5.74, 6) is -0.909. The molecule has 2 atom stereocenters. The lowest BCUT2D eigenvalue weighted by Crippen LogP contribution is -2.45. The molecule has 4 nitrogen and oxygen atoms in total. The van der Waals surface area contributed by atoms with Gasteiger partial charge in [-0.05, 0) is 43.9 Å². The van der Waals surface area contributed by atoms with E-state index in [0.29, 0.717) is 5.56 Å². The summed E-state index contributed by atoms with van der Waals surface area (Å²) in [4.78, 5) is 10.9. The summed E-state index contributed by atoms with van der Waals surface area (Å²) < 4.78 is 0. The third-order valence-corrected chi connectivity index (χ3v) is 5.01. The molecule has 2 rings (SSSR count). The van der Waals surface area contributed by atoms with Crippen molar-refractivity contribution in [3.63, 3.8) is 0 Å². The van der Waals surface area contributed by atoms with E-state index in [1.165, 1.54) is 0 Å². The lowest BCUT2D eigenvalue weighted by atomic mass is 9.56. The monoisotopic (exact) mass is 300 g/mol. The second-order valence-corrected chi connectivity index (χ2v) is 6.73. The summed E-state index contributed by atoms with van der Waals surface area (Å²) in [7, 11) is 0. The highest BCUT2D eigenvalue weighted by molar-refractivity contribution is 5.92. The molecular weight excluding hydrogens is 276 g/mol. The van der Waals surface area contributed by atoms with E-state index in [-0.39, 0.29) is 16.9 Å². The Morgan fingerprint density at radius 3 is 2.18 bits per heavy atom. The molecule has 1 aromatic carbocycles. The van der Waals surface area contributed by atoms with Crippen LogP contribution in [0.25, 0.3) is 0 Å². The van der Waals surface area contributed by atoms with Crippen LogP contribution in [0.5, 0.6) is 0 Å². The maximum absolute atomic E-state index is 10.9. The van der Waals surface area contributed by atoms with E-state index in [9.17, 15) is 4.79 Å². The lowest BCUT2D eigenvalue weighted by molar-refractivity contribution is 0.0697. The van der Waals surface area contributed by atoms with Crippen LogP contribution in [0.3, 0.4) is 0 Å². The van der Waals surface area contributed by atoms with Crippen LogP contribution in [-0.4, -0.2) is 16.8 Å². The number of nitrogens with zero attached hydrogens (tertiary/aromatic N) is 1. The van der Waals surface area contributed by atoms with Gasteiger partial charge in [-0.25, -0.2) is 4.79 Å². The maximum Gasteiger partial charge on any atom is 0.335 e. The molecule has 0 aliphatic heterocycles. The van der Waals surface area contributed by atoms with Crippen molar-refractivity contribution in [2.75, 3.05) is 0 Å². The SMILES string of the molecule is C/C(=N\N[C@@H](C)c1ccc(C(=O)O)cc1)[C@]1(C)C=CC1(C)C. The Hall–Kier alpha value is -2.10. The van der Waals surface area contributed by atoms with Crippen LogP contribution in [0.1, 0.15) is 56.6 Å². The van der Waals surface area contributed by atoms with Crippen LogP contribution in [0, 0.1) is 10.8 Å². The smallest absolute Gasteiger partial charge is 0.335 e. The van der Waals surface area contributed by atoms with Crippen LogP contribution in [0.4, 0.5) is 0 Å². The van der Waals surface area contributed by atoms with Crippen LogP contribution in [0.15, 0.2) is 41.5 Å². The molecule has 1 aliphatic rings. The van der Waals surface area contributed by atoms with E-state index in [0.717, 1.165) is 11.3 Å². The molecule has 0 aromatic heterocycles. The van der Waals surface area contributed by atoms with Gasteiger partial charge < -0.3 is 10.5 Å². The molecule has 2 N–H and O–H groups in total. The first-order chi connectivity index (χ1) is 10.2. The number of hydrogen-bond donors (Lipinski definition) is 2. The third-order valence-electron chi connectivity index (χ3n) is 5.01. The molecule has 0 spiro atoms. The van der Waals surface area contributed by atoms with Crippen molar-refractivity contribution in [1.82, 2.24) is 5.43 Å². The zero-order valence-corrected chi connectivity index (χ0v) is 13.8. The summed E-state index contributed by atoms with van der Waals surface area (Å²) in [6.07, 6.45) is 4.40. The van der Waals surface area contributed by atoms with Crippen molar-refractivity contribution in [2.45, 2.75) is 40.7 Å². The van der Waals surface area contributed by atoms with Gasteiger partial charge in [0.05, 0.1) is 11.6 Å². The molecule has 0 heterocycles. The average molecular weight is 300 g/mol. The molecule has 0 amide bonds. The van der Waals surface area contributed by atoms with Crippen molar-refractivity contribution < 1.29 is 9.90 Å². The van der Waals surface area contributed by atoms with Gasteiger partial charge in [-0.15, -0.1) is 0 Å². The van der Waals surface area contributed by atoms with Gasteiger partial charge in [0.1, 0.15) is 0 Å². The van der Waals surface area contributed by atoms with Crippen molar-refractivity contribution in [2.24, 2.45) is 15.9 Å². The zero-order valence-electron chi connectivity index (χ0n) is 13.8. The number of hydrazone groups is 1. The fourth-order valence-corrected chi connectivity index (χ4v) is 2.55. The number of rotatable bonds is 5. The molecule has 0 unspecified atom stereocenters. The minimum atomic E-state index is -0.909. The normalized spacial score (nSPS) is 24.5. The first kappa shape index (κ1) is 16.3. The van der Waals surface area contributed by atoms with Crippen molar-refractivity contribution in [1.29, 1.82) is 0 Å². The predicted molar refractivity (Wildman–Crippen MR) is 89.1 cm³/mol. The molecule has 118 valence electrons. The third kappa shape index (κ3) is 2.78. The maximum atomic E-state index is 10.9. The Bertz CT molecular complexity index is 629. The lowest BCUT2D eigenvalue weighted by Gasteiger charge is -2.47. The second kappa shape index (κ2) is 5.59. The number of hydrogen-bond acceptors (Lipinski definition) is 3. The van der Waals surface area contributed by atoms with Crippen LogP contribution >= 0.6 is 0 Å². The van der Waals surface area contributed by atoms with Gasteiger partial charge in [-0.1, -0.05) is 38.1 Å². The minimum absolute atomic E-state index is 0.0209. The molecule has 0 radical (unpaired) electrons. The van der Waals surface area contributed by atoms with Gasteiger partial charge in [-0.3, -0.25) is 0 Å². The minimum Gasteiger partial charge on any atom is -0.478 e. The Balaban J connectivity index is 2.06. The van der Waals surface area contributed by atoms with Gasteiger partial charge >= 0.3 is 5.97 Å². The number of carboxylic acids is 1. The Kier molecular flexibility index (Phi) is 4.14. The summed E-state index contributed by atoms with van der Waals surface area (Å²) in [5, 5.41) is 13.5. The quantitative estimate of drug-likeness (QED) is 0.490. The van der Waals surface area contributed by atoms with E-state index in [4.69, 9.17) is 5.11 Å². The number of carboxylic acid groups (broad SMARTS) is 1. The highest BCUT2D eigenvalue weighted by Gasteiger charge is 2.46. The first-order valence-electron chi connectivity index (χ1n) is 7.51. The van der Waals surface area contributed by atoms with E-state index in [2.05, 4.69) is 43.5 Å². The molecule has 0 fully saturated rings. The van der Waals surface area contributed by atoms with Crippen molar-refractivity contribution in [3.05, 3.63) is 47.5 Å². The van der Waals surface area contributed by atoms with Crippen molar-refractivity contribution >= 4 is 11.7 Å². The van der Waals surface area contributed by atoms with Gasteiger partial charge in [0.2, 0.25) is 0 Å². The predicted octanol–water partition coefficient (Wildman–Crippen LogP) is 4.01. The number of aromatic carboxylic acids is 1. The summed E-state index contributed by atoms with van der Waals surface area (Å²) >= 11 is 0. The molecule has 0 saturated heterocycles. The van der Waals surface area contributed by atoms with E-state index < -0.39 is 5.97 Å². The molecule has 0 bridgehead atoms. The number of carbonyl (C=O) groups is 1. The summed E-state index contributed by atoms with van der Waals surface area (Å²) in [6, 6.07) is 6.90. The topological polar surface area (TPSA) is 61.7 Å². The van der Waals surface area contributed by atoms with Gasteiger partial charge in [0.25, 0.3) is 0 Å². The van der Waals surface area contributed by atoms with Gasteiger partial charge in [0, 0.05) is 11.1 Å². The summed E-state index contributed by atoms with van der Waals surface area (Å²) in [6.45, 7) is 10.7. The van der Waals surface area contributed by atoms with Crippen LogP contribution < -0.4 is 5.43 Å². The molecule has 22 heavy (non-hydrogen) atoms. The Morgan fingerprint density at radius 1 is 1.18 bits per heavy atom. The van der Waals surface area contributed by atoms with E-state index in [1.807, 2.05) is 26.0 Å². The van der Waals surface area contributed by atoms with Crippen LogP contribution in [0.2, 0.25) is 0 Å². The van der Waals surface area contributed by atoms with Gasteiger partial charge in [0.15, 0.2) is 0 Å². The Labute approximate surface area is 131 Å². The van der Waals surface area contributed by atoms with Crippen molar-refractivity contribution in [3.8, 4) is 0 Å². The first-order valence-corrected chi connectivity index (χ1v) is 7.51. The standard InChI is InChI=1S/C18H24N2O2/c1-12(14-6-8-15(9-7-14)16(21)22)19-20-13(2)18(5)11-10-17(18,3)4/h6-12,19H,1-5H3,(H,21,22)/b20-13+/t12-,18-/m0/s1. The second-order valence-electron chi connectivity index (χ2n) is 6.73. The van der Waals surface area contributed by atoms with Crippen LogP contribution in [-0.2, 0) is 0 Å². The number of nitrogens with one attached hydrogen (secondary N) is 1. The fraction of sp³-hybridized carbons (Fsp3) is 0.444. The average Bonchev–Trinajstić information content (AvgIpc) is 2.50. The number of allylic oxidation sites excluding steroid dienone is 2. The van der Waals surface area contributed by atoms with Gasteiger partial charge in [-0.2, -0.15) is 5.10 Å². The molecule has 0 saturated carbocycles. The number of benzene rings is 1. The largest absolute Gasteiger partial charge is 0.478 e. The van der Waals surface area contributed by atoms with E-state index in [1.54, 1.807) is 12.1 Å². The summed E-state index contributed by atoms with van der Waals surface area (Å²) in [5.41, 5.74) is 5.62. The molecule has 1 aromatic rings. The molecule has 4 heteroatoms. The Morgan fingerprint density at radius 2 is 1.77 bits per heavy atom. The molecular formula is C18H24N2O2.